The molecule has 2 rings (SSSR count). The molecule has 0 aliphatic heterocycles. The van der Waals surface area contributed by atoms with Gasteiger partial charge in [-0.25, -0.2) is 13.1 Å². The number of sulfonamides is 1. The van der Waals surface area contributed by atoms with Gasteiger partial charge >= 0.3 is 5.97 Å². The lowest BCUT2D eigenvalue weighted by molar-refractivity contribution is -0.148. The first kappa shape index (κ1) is 20.4. The first-order valence-electron chi connectivity index (χ1n) is 7.67. The zero-order valence-corrected chi connectivity index (χ0v) is 16.3. The highest BCUT2D eigenvalue weighted by Crippen LogP contribution is 2.15. The zero-order chi connectivity index (χ0) is 19.2. The normalized spacial score (nSPS) is 12.7. The van der Waals surface area contributed by atoms with Crippen LogP contribution in [-0.4, -0.2) is 52.3 Å². The van der Waals surface area contributed by atoms with Crippen molar-refractivity contribution < 1.29 is 23.1 Å². The van der Waals surface area contributed by atoms with E-state index in [1.165, 1.54) is 16.8 Å². The van der Waals surface area contributed by atoms with Gasteiger partial charge in [0.1, 0.15) is 6.04 Å². The number of esters is 1. The Labute approximate surface area is 158 Å². The highest BCUT2D eigenvalue weighted by Gasteiger charge is 2.27. The number of hydrogen-bond acceptors (Lipinski definition) is 8. The maximum Gasteiger partial charge on any atom is 0.327 e. The summed E-state index contributed by atoms with van der Waals surface area (Å²) in [5, 5.41) is 20.4. The van der Waals surface area contributed by atoms with Crippen molar-refractivity contribution in [1.82, 2.24) is 24.9 Å². The van der Waals surface area contributed by atoms with Crippen molar-refractivity contribution in [2.75, 3.05) is 6.61 Å². The molecule has 1 aromatic carbocycles. The van der Waals surface area contributed by atoms with E-state index >= 15 is 0 Å². The standard InChI is InChI=1S/C14H18BrN5O5S/c1-2-7-20-13(16-18-19-20)9-25-14(22)12(8-21)17-26(23,24)11-5-3-10(15)4-6-11/h3-6,12,17,21H,2,7-9H2,1H3. The summed E-state index contributed by atoms with van der Waals surface area (Å²) in [5.41, 5.74) is 0. The van der Waals surface area contributed by atoms with E-state index in [0.717, 1.165) is 6.42 Å². The van der Waals surface area contributed by atoms with Crippen LogP contribution in [0.2, 0.25) is 0 Å². The van der Waals surface area contributed by atoms with Crippen molar-refractivity contribution in [2.24, 2.45) is 0 Å². The third-order valence-electron chi connectivity index (χ3n) is 3.27. The molecule has 0 saturated carbocycles. The average molecular weight is 448 g/mol. The van der Waals surface area contributed by atoms with Gasteiger partial charge in [-0.1, -0.05) is 22.9 Å². The van der Waals surface area contributed by atoms with E-state index in [2.05, 4.69) is 36.2 Å². The van der Waals surface area contributed by atoms with Crippen molar-refractivity contribution in [1.29, 1.82) is 0 Å². The summed E-state index contributed by atoms with van der Waals surface area (Å²) >= 11 is 3.21. The van der Waals surface area contributed by atoms with Gasteiger partial charge in [-0.2, -0.15) is 4.72 Å². The molecule has 0 aliphatic carbocycles. The Bertz CT molecular complexity index is 840. The van der Waals surface area contributed by atoms with Gasteiger partial charge in [0.15, 0.2) is 12.4 Å². The second-order valence-electron chi connectivity index (χ2n) is 5.24. The Morgan fingerprint density at radius 3 is 2.69 bits per heavy atom. The predicted octanol–water partition coefficient (Wildman–Crippen LogP) is 0.228. The van der Waals surface area contributed by atoms with Crippen LogP contribution in [0.3, 0.4) is 0 Å². The lowest BCUT2D eigenvalue weighted by Crippen LogP contribution is -2.44. The summed E-state index contributed by atoms with van der Waals surface area (Å²) in [6.45, 7) is 1.51. The summed E-state index contributed by atoms with van der Waals surface area (Å²) in [7, 11) is -4.00. The fraction of sp³-hybridized carbons (Fsp3) is 0.429. The average Bonchev–Trinajstić information content (AvgIpc) is 3.05. The summed E-state index contributed by atoms with van der Waals surface area (Å²) in [6.07, 6.45) is 0.790. The van der Waals surface area contributed by atoms with E-state index in [-0.39, 0.29) is 11.5 Å². The van der Waals surface area contributed by atoms with Crippen molar-refractivity contribution >= 4 is 31.9 Å². The Kier molecular flexibility index (Phi) is 7.20. The molecule has 0 spiro atoms. The number of hydrogen-bond donors (Lipinski definition) is 2. The van der Waals surface area contributed by atoms with Gasteiger partial charge in [0, 0.05) is 11.0 Å². The summed E-state index contributed by atoms with van der Waals surface area (Å²) in [4.78, 5) is 12.1. The monoisotopic (exact) mass is 447 g/mol. The smallest absolute Gasteiger partial charge is 0.327 e. The quantitative estimate of drug-likeness (QED) is 0.521. The molecule has 0 bridgehead atoms. The van der Waals surface area contributed by atoms with E-state index < -0.39 is 28.6 Å². The number of carbonyl (C=O) groups excluding carboxylic acids is 1. The highest BCUT2D eigenvalue weighted by atomic mass is 79.9. The van der Waals surface area contributed by atoms with Crippen molar-refractivity contribution in [3.05, 3.63) is 34.6 Å². The lowest BCUT2D eigenvalue weighted by atomic mass is 10.3. The van der Waals surface area contributed by atoms with Crippen LogP contribution in [0.4, 0.5) is 0 Å². The fourth-order valence-electron chi connectivity index (χ4n) is 1.98. The van der Waals surface area contributed by atoms with Crippen LogP contribution in [0.1, 0.15) is 19.2 Å². The molecule has 0 fully saturated rings. The van der Waals surface area contributed by atoms with Gasteiger partial charge < -0.3 is 9.84 Å². The number of tetrazole rings is 1. The number of halogens is 1. The Hall–Kier alpha value is -1.89. The third kappa shape index (κ3) is 5.30. The summed E-state index contributed by atoms with van der Waals surface area (Å²) in [5.74, 6) is -0.605. The van der Waals surface area contributed by atoms with E-state index in [0.29, 0.717) is 16.8 Å². The first-order valence-corrected chi connectivity index (χ1v) is 9.95. The van der Waals surface area contributed by atoms with Crippen LogP contribution in [0.5, 0.6) is 0 Å². The molecule has 2 N–H and O–H groups in total. The largest absolute Gasteiger partial charge is 0.456 e. The van der Waals surface area contributed by atoms with E-state index in [4.69, 9.17) is 4.74 Å². The van der Waals surface area contributed by atoms with E-state index in [1.54, 1.807) is 12.1 Å². The number of aliphatic hydroxyl groups is 1. The Morgan fingerprint density at radius 1 is 1.38 bits per heavy atom. The number of ether oxygens (including phenoxy) is 1. The van der Waals surface area contributed by atoms with Gasteiger partial charge in [-0.05, 0) is 41.1 Å². The molecule has 1 unspecified atom stereocenters. The molecular formula is C14H18BrN5O5S. The van der Waals surface area contributed by atoms with Crippen molar-refractivity contribution in [3.63, 3.8) is 0 Å². The van der Waals surface area contributed by atoms with Gasteiger partial charge in [-0.3, -0.25) is 4.79 Å². The Balaban J connectivity index is 2.01. The SMILES string of the molecule is CCCn1nnnc1COC(=O)C(CO)NS(=O)(=O)c1ccc(Br)cc1. The molecule has 12 heteroatoms. The second kappa shape index (κ2) is 9.16. The van der Waals surface area contributed by atoms with Gasteiger partial charge in [-0.15, -0.1) is 5.10 Å². The minimum Gasteiger partial charge on any atom is -0.456 e. The zero-order valence-electron chi connectivity index (χ0n) is 13.9. The molecular weight excluding hydrogens is 430 g/mol. The number of benzene rings is 1. The molecule has 0 amide bonds. The second-order valence-corrected chi connectivity index (χ2v) is 7.87. The predicted molar refractivity (Wildman–Crippen MR) is 93.2 cm³/mol. The van der Waals surface area contributed by atoms with Gasteiger partial charge in [0.05, 0.1) is 11.5 Å². The number of aromatic nitrogens is 4. The molecule has 26 heavy (non-hydrogen) atoms. The van der Waals surface area contributed by atoms with Crippen molar-refractivity contribution in [2.45, 2.75) is 37.4 Å². The number of nitrogens with zero attached hydrogens (tertiary/aromatic N) is 4. The maximum absolute atomic E-state index is 12.3. The molecule has 1 atom stereocenters. The molecule has 142 valence electrons. The van der Waals surface area contributed by atoms with Gasteiger partial charge in [0.25, 0.3) is 0 Å². The Morgan fingerprint density at radius 2 is 2.08 bits per heavy atom. The topological polar surface area (TPSA) is 136 Å². The van der Waals surface area contributed by atoms with Crippen LogP contribution in [0, 0.1) is 0 Å². The minimum absolute atomic E-state index is 0.0427. The van der Waals surface area contributed by atoms with E-state index in [9.17, 15) is 18.3 Å². The first-order chi connectivity index (χ1) is 12.4. The van der Waals surface area contributed by atoms with E-state index in [1.807, 2.05) is 6.92 Å². The number of aliphatic hydroxyl groups excluding tert-OH is 1. The van der Waals surface area contributed by atoms with Crippen LogP contribution in [-0.2, 0) is 32.7 Å². The molecule has 10 nitrogen and oxygen atoms in total. The maximum atomic E-state index is 12.3. The molecule has 0 radical (unpaired) electrons. The number of aryl methyl sites for hydroxylation is 1. The molecule has 2 aromatic rings. The molecule has 0 aliphatic rings. The molecule has 1 aromatic heterocycles. The third-order valence-corrected chi connectivity index (χ3v) is 5.29. The minimum atomic E-state index is -4.00. The molecule has 1 heterocycles. The lowest BCUT2D eigenvalue weighted by Gasteiger charge is -2.15. The van der Waals surface area contributed by atoms with Crippen LogP contribution < -0.4 is 4.72 Å². The van der Waals surface area contributed by atoms with Crippen LogP contribution >= 0.6 is 15.9 Å². The van der Waals surface area contributed by atoms with Crippen LogP contribution in [0.25, 0.3) is 0 Å². The van der Waals surface area contributed by atoms with Crippen molar-refractivity contribution in [3.8, 4) is 0 Å². The fourth-order valence-corrected chi connectivity index (χ4v) is 3.42. The summed E-state index contributed by atoms with van der Waals surface area (Å²) in [6, 6.07) is 4.39. The number of rotatable bonds is 9. The number of nitrogens with one attached hydrogen (secondary N) is 1. The highest BCUT2D eigenvalue weighted by molar-refractivity contribution is 9.10. The molecule has 0 saturated heterocycles. The van der Waals surface area contributed by atoms with Gasteiger partial charge in [0.2, 0.25) is 10.0 Å². The van der Waals surface area contributed by atoms with Crippen LogP contribution in [0.15, 0.2) is 33.6 Å². The number of carbonyl (C=O) groups is 1. The summed E-state index contributed by atoms with van der Waals surface area (Å²) < 4.78 is 34.0.